The molecular weight excluding hydrogens is 1280 g/mol. The zero-order valence-corrected chi connectivity index (χ0v) is 65.7. The van der Waals surface area contributed by atoms with Crippen molar-refractivity contribution in [3.63, 3.8) is 0 Å². The summed E-state index contributed by atoms with van der Waals surface area (Å²) in [7, 11) is -9.91. The molecule has 0 aromatic heterocycles. The summed E-state index contributed by atoms with van der Waals surface area (Å²) in [6.45, 7) is 7.33. The average Bonchev–Trinajstić information content (AvgIpc) is 1.64. The van der Waals surface area contributed by atoms with E-state index in [-0.39, 0.29) is 25.7 Å². The highest BCUT2D eigenvalue weighted by Crippen LogP contribution is 2.45. The van der Waals surface area contributed by atoms with Gasteiger partial charge in [0.05, 0.1) is 26.4 Å². The van der Waals surface area contributed by atoms with Gasteiger partial charge in [-0.05, 0) is 31.6 Å². The molecule has 17 nitrogen and oxygen atoms in total. The largest absolute Gasteiger partial charge is 0.472 e. The first-order valence-electron chi connectivity index (χ1n) is 41.2. The summed E-state index contributed by atoms with van der Waals surface area (Å²) in [4.78, 5) is 72.9. The van der Waals surface area contributed by atoms with Crippen molar-refractivity contribution in [2.24, 2.45) is 5.92 Å². The van der Waals surface area contributed by atoms with Gasteiger partial charge in [0, 0.05) is 25.7 Å². The Kier molecular flexibility index (Phi) is 70.6. The van der Waals surface area contributed by atoms with Gasteiger partial charge in [0.25, 0.3) is 0 Å². The number of rotatable bonds is 79. The first-order chi connectivity index (χ1) is 47.6. The molecule has 98 heavy (non-hydrogen) atoms. The molecule has 0 spiro atoms. The summed E-state index contributed by atoms with van der Waals surface area (Å²) in [5, 5.41) is 10.6. The number of hydrogen-bond donors (Lipinski definition) is 3. The van der Waals surface area contributed by atoms with Crippen LogP contribution in [0.4, 0.5) is 0 Å². The summed E-state index contributed by atoms with van der Waals surface area (Å²) in [6, 6.07) is 0. The van der Waals surface area contributed by atoms with Crippen LogP contribution in [0.3, 0.4) is 0 Å². The fourth-order valence-electron chi connectivity index (χ4n) is 12.2. The van der Waals surface area contributed by atoms with Crippen molar-refractivity contribution in [1.29, 1.82) is 0 Å². The van der Waals surface area contributed by atoms with E-state index in [2.05, 4.69) is 34.6 Å². The summed E-state index contributed by atoms with van der Waals surface area (Å²) in [6.07, 6.45) is 62.4. The van der Waals surface area contributed by atoms with Crippen LogP contribution in [0.2, 0.25) is 0 Å². The summed E-state index contributed by atoms with van der Waals surface area (Å²) < 4.78 is 68.6. The molecule has 0 saturated carbocycles. The zero-order chi connectivity index (χ0) is 71.9. The maximum atomic E-state index is 13.1. The number of carbonyl (C=O) groups excluding carboxylic acids is 4. The first kappa shape index (κ1) is 96.1. The fourth-order valence-corrected chi connectivity index (χ4v) is 13.8. The topological polar surface area (TPSA) is 237 Å². The van der Waals surface area contributed by atoms with E-state index in [0.717, 1.165) is 95.8 Å². The maximum Gasteiger partial charge on any atom is 0.472 e. The smallest absolute Gasteiger partial charge is 0.462 e. The third-order valence-corrected chi connectivity index (χ3v) is 20.8. The van der Waals surface area contributed by atoms with Gasteiger partial charge in [-0.25, -0.2) is 9.13 Å². The molecule has 0 aliphatic rings. The van der Waals surface area contributed by atoms with Crippen molar-refractivity contribution in [1.82, 2.24) is 0 Å². The van der Waals surface area contributed by atoms with Gasteiger partial charge >= 0.3 is 39.5 Å². The minimum absolute atomic E-state index is 0.107. The van der Waals surface area contributed by atoms with Crippen molar-refractivity contribution >= 4 is 39.5 Å². The molecule has 0 aromatic carbocycles. The number of unbranched alkanes of at least 4 members (excludes halogenated alkanes) is 50. The van der Waals surface area contributed by atoms with E-state index < -0.39 is 97.5 Å². The molecule has 3 N–H and O–H groups in total. The number of aliphatic hydroxyl groups is 1. The Hall–Kier alpha value is -1.94. The standard InChI is InChI=1S/C79H154O17P2/c1-6-10-13-16-19-22-24-26-28-29-30-31-32-34-36-38-44-49-54-59-64-78(83)95-75(69-90-77(82)63-58-53-48-43-37-35-33-27-25-23-20-17-14-11-7-2)71-94-98(87,88)92-67-73(80)66-91-97(85,86)93-70-74(68-89-76(81)62-57-52-47-41-21-18-15-12-8-3)96-79(84)65-60-55-50-45-40-39-42-46-51-56-61-72(5)9-4/h72-75,80H,6-71H2,1-5H3,(H,85,86)(H,87,88)/t72?,73-,74+,75+/m0/s1. The molecule has 582 valence electrons. The molecule has 0 fully saturated rings. The number of esters is 4. The van der Waals surface area contributed by atoms with E-state index in [4.69, 9.17) is 37.0 Å². The Labute approximate surface area is 600 Å². The molecular formula is C79H154O17P2. The van der Waals surface area contributed by atoms with Crippen LogP contribution in [0.1, 0.15) is 420 Å². The lowest BCUT2D eigenvalue weighted by atomic mass is 9.99. The van der Waals surface area contributed by atoms with E-state index in [1.54, 1.807) is 0 Å². The molecule has 0 aliphatic carbocycles. The second-order valence-corrected chi connectivity index (χ2v) is 31.6. The highest BCUT2D eigenvalue weighted by atomic mass is 31.2. The monoisotopic (exact) mass is 1440 g/mol. The Morgan fingerprint density at radius 1 is 0.286 bits per heavy atom. The third kappa shape index (κ3) is 71.1. The van der Waals surface area contributed by atoms with Gasteiger partial charge in [0.15, 0.2) is 12.2 Å². The highest BCUT2D eigenvalue weighted by Gasteiger charge is 2.30. The predicted molar refractivity (Wildman–Crippen MR) is 400 cm³/mol. The van der Waals surface area contributed by atoms with Crippen LogP contribution in [0.5, 0.6) is 0 Å². The van der Waals surface area contributed by atoms with Crippen LogP contribution >= 0.6 is 15.6 Å². The van der Waals surface area contributed by atoms with Crippen molar-refractivity contribution in [3.8, 4) is 0 Å². The second kappa shape index (κ2) is 72.0. The predicted octanol–water partition coefficient (Wildman–Crippen LogP) is 23.6. The van der Waals surface area contributed by atoms with Crippen molar-refractivity contribution in [2.45, 2.75) is 438 Å². The molecule has 0 amide bonds. The van der Waals surface area contributed by atoms with Gasteiger partial charge in [0.2, 0.25) is 0 Å². The number of aliphatic hydroxyl groups excluding tert-OH is 1. The molecule has 6 atom stereocenters. The Bertz CT molecular complexity index is 1880. The minimum atomic E-state index is -4.96. The number of ether oxygens (including phenoxy) is 4. The van der Waals surface area contributed by atoms with Crippen LogP contribution in [0, 0.1) is 5.92 Å². The summed E-state index contributed by atoms with van der Waals surface area (Å²) in [5.74, 6) is -1.31. The number of carbonyl (C=O) groups is 4. The van der Waals surface area contributed by atoms with Gasteiger partial charge in [-0.1, -0.05) is 369 Å². The van der Waals surface area contributed by atoms with Crippen molar-refractivity contribution < 1.29 is 80.2 Å². The fraction of sp³-hybridized carbons (Fsp3) is 0.949. The number of hydrogen-bond acceptors (Lipinski definition) is 15. The van der Waals surface area contributed by atoms with E-state index in [1.165, 1.54) is 244 Å². The van der Waals surface area contributed by atoms with Crippen molar-refractivity contribution in [2.75, 3.05) is 39.6 Å². The van der Waals surface area contributed by atoms with E-state index in [0.29, 0.717) is 25.7 Å². The first-order valence-corrected chi connectivity index (χ1v) is 44.2. The molecule has 0 saturated heterocycles. The molecule has 0 bridgehead atoms. The summed E-state index contributed by atoms with van der Waals surface area (Å²) >= 11 is 0. The minimum Gasteiger partial charge on any atom is -0.462 e. The van der Waals surface area contributed by atoms with Gasteiger partial charge in [-0.3, -0.25) is 37.3 Å². The molecule has 3 unspecified atom stereocenters. The lowest BCUT2D eigenvalue weighted by molar-refractivity contribution is -0.161. The molecule has 0 heterocycles. The van der Waals surface area contributed by atoms with Gasteiger partial charge in [0.1, 0.15) is 19.3 Å². The number of phosphoric ester groups is 2. The SMILES string of the molecule is CCCCCCCCCCCCCCCCCCCCCCC(=O)O[C@H](COC(=O)CCCCCCCCCCCCCCCCC)COP(=O)(O)OC[C@@H](O)COP(=O)(O)OC[C@@H](COC(=O)CCCCCCCCCCC)OC(=O)CCCCCCCCCCCCC(C)CC. The van der Waals surface area contributed by atoms with Crippen molar-refractivity contribution in [3.05, 3.63) is 0 Å². The average molecular weight is 1440 g/mol. The van der Waals surface area contributed by atoms with E-state index in [9.17, 15) is 43.2 Å². The Morgan fingerprint density at radius 2 is 0.490 bits per heavy atom. The normalized spacial score (nSPS) is 14.2. The van der Waals surface area contributed by atoms with E-state index in [1.807, 2.05) is 0 Å². The molecule has 0 aliphatic heterocycles. The molecule has 0 aromatic rings. The molecule has 0 rings (SSSR count). The van der Waals surface area contributed by atoms with Gasteiger partial charge in [-0.15, -0.1) is 0 Å². The second-order valence-electron chi connectivity index (χ2n) is 28.7. The van der Waals surface area contributed by atoms with Crippen LogP contribution in [0.15, 0.2) is 0 Å². The van der Waals surface area contributed by atoms with Crippen LogP contribution < -0.4 is 0 Å². The van der Waals surface area contributed by atoms with Gasteiger partial charge < -0.3 is 33.8 Å². The Balaban J connectivity index is 5.21. The van der Waals surface area contributed by atoms with Crippen LogP contribution in [-0.2, 0) is 65.4 Å². The lowest BCUT2D eigenvalue weighted by Crippen LogP contribution is -2.30. The third-order valence-electron chi connectivity index (χ3n) is 18.9. The highest BCUT2D eigenvalue weighted by molar-refractivity contribution is 7.47. The molecule has 19 heteroatoms. The number of phosphoric acid groups is 2. The van der Waals surface area contributed by atoms with Crippen LogP contribution in [0.25, 0.3) is 0 Å². The van der Waals surface area contributed by atoms with E-state index >= 15 is 0 Å². The lowest BCUT2D eigenvalue weighted by Gasteiger charge is -2.21. The molecule has 0 radical (unpaired) electrons. The summed E-state index contributed by atoms with van der Waals surface area (Å²) in [5.41, 5.74) is 0. The zero-order valence-electron chi connectivity index (χ0n) is 63.9. The Morgan fingerprint density at radius 3 is 0.724 bits per heavy atom. The quantitative estimate of drug-likeness (QED) is 0.0222. The van der Waals surface area contributed by atoms with Gasteiger partial charge in [-0.2, -0.15) is 0 Å². The maximum absolute atomic E-state index is 13.1. The van der Waals surface area contributed by atoms with Crippen LogP contribution in [-0.4, -0.2) is 96.7 Å².